The fourth-order valence-corrected chi connectivity index (χ4v) is 1.14. The molecule has 0 saturated carbocycles. The summed E-state index contributed by atoms with van der Waals surface area (Å²) in [6, 6.07) is 3.19. The van der Waals surface area contributed by atoms with E-state index in [4.69, 9.17) is 10.6 Å². The van der Waals surface area contributed by atoms with Crippen molar-refractivity contribution in [3.05, 3.63) is 35.4 Å². The van der Waals surface area contributed by atoms with Crippen LogP contribution in [0.3, 0.4) is 0 Å². The van der Waals surface area contributed by atoms with Gasteiger partial charge in [0.1, 0.15) is 17.5 Å². The average Bonchev–Trinajstić information content (AvgIpc) is 2.26. The van der Waals surface area contributed by atoms with Gasteiger partial charge in [-0.05, 0) is 12.1 Å². The van der Waals surface area contributed by atoms with Gasteiger partial charge in [0.05, 0.1) is 18.7 Å². The minimum absolute atomic E-state index is 0.125. The second-order valence-electron chi connectivity index (χ2n) is 2.99. The zero-order valence-electron chi connectivity index (χ0n) is 8.84. The van der Waals surface area contributed by atoms with Crippen LogP contribution < -0.4 is 11.3 Å². The molecule has 1 aromatic rings. The minimum Gasteiger partial charge on any atom is -0.383 e. The zero-order valence-corrected chi connectivity index (χ0v) is 8.84. The predicted octanol–water partition coefficient (Wildman–Crippen LogP) is 0.821. The quantitative estimate of drug-likeness (QED) is 0.264. The number of amidine groups is 1. The highest BCUT2D eigenvalue weighted by Gasteiger charge is 2.08. The Balaban J connectivity index is 2.90. The number of halogens is 2. The summed E-state index contributed by atoms with van der Waals surface area (Å²) in [5.74, 6) is 4.02. The van der Waals surface area contributed by atoms with Crippen molar-refractivity contribution in [2.24, 2.45) is 10.8 Å². The summed E-state index contributed by atoms with van der Waals surface area (Å²) in [7, 11) is 1.53. The van der Waals surface area contributed by atoms with Gasteiger partial charge in [-0.15, -0.1) is 0 Å². The van der Waals surface area contributed by atoms with Gasteiger partial charge < -0.3 is 10.2 Å². The van der Waals surface area contributed by atoms with Gasteiger partial charge in [-0.3, -0.25) is 4.99 Å². The van der Waals surface area contributed by atoms with Crippen LogP contribution in [0.1, 0.15) is 5.56 Å². The first kappa shape index (κ1) is 12.5. The van der Waals surface area contributed by atoms with E-state index >= 15 is 0 Å². The van der Waals surface area contributed by atoms with Crippen molar-refractivity contribution in [2.75, 3.05) is 20.3 Å². The highest BCUT2D eigenvalue weighted by Crippen LogP contribution is 2.09. The van der Waals surface area contributed by atoms with Crippen molar-refractivity contribution in [2.45, 2.75) is 0 Å². The van der Waals surface area contributed by atoms with Gasteiger partial charge in [0.15, 0.2) is 0 Å². The zero-order chi connectivity index (χ0) is 12.0. The van der Waals surface area contributed by atoms with E-state index in [1.807, 2.05) is 0 Å². The lowest BCUT2D eigenvalue weighted by atomic mass is 10.2. The third-order valence-electron chi connectivity index (χ3n) is 1.89. The fraction of sp³-hybridized carbons (Fsp3) is 0.300. The van der Waals surface area contributed by atoms with Crippen LogP contribution in [0.4, 0.5) is 8.78 Å². The van der Waals surface area contributed by atoms with Gasteiger partial charge in [-0.1, -0.05) is 0 Å². The van der Waals surface area contributed by atoms with Gasteiger partial charge in [0, 0.05) is 13.2 Å². The molecule has 0 atom stereocenters. The van der Waals surface area contributed by atoms with E-state index in [9.17, 15) is 8.78 Å². The Labute approximate surface area is 92.1 Å². The normalized spacial score (nSPS) is 11.6. The van der Waals surface area contributed by atoms with E-state index in [2.05, 4.69) is 10.4 Å². The van der Waals surface area contributed by atoms with Gasteiger partial charge >= 0.3 is 0 Å². The maximum atomic E-state index is 13.3. The maximum Gasteiger partial charge on any atom is 0.145 e. The molecular weight excluding hydrogens is 216 g/mol. The standard InChI is InChI=1S/C10H13F2N3O/c1-16-5-4-14-10(15-13)8-3-2-7(11)6-9(8)12/h2-3,6H,4-5,13H2,1H3,(H,14,15). The molecule has 0 aliphatic heterocycles. The molecule has 0 spiro atoms. The van der Waals surface area contributed by atoms with E-state index in [-0.39, 0.29) is 11.4 Å². The molecule has 88 valence electrons. The number of nitrogens with two attached hydrogens (primary N) is 1. The Kier molecular flexibility index (Phi) is 4.81. The molecule has 0 saturated heterocycles. The topological polar surface area (TPSA) is 59.6 Å². The number of hydrogen-bond acceptors (Lipinski definition) is 3. The summed E-state index contributed by atoms with van der Waals surface area (Å²) < 4.78 is 30.8. The summed E-state index contributed by atoms with van der Waals surface area (Å²) in [5.41, 5.74) is 2.39. The number of aliphatic imine (C=N–C) groups is 1. The Hall–Kier alpha value is -1.53. The van der Waals surface area contributed by atoms with Crippen LogP contribution in [0.15, 0.2) is 23.2 Å². The lowest BCUT2D eigenvalue weighted by Crippen LogP contribution is -2.32. The van der Waals surface area contributed by atoms with Crippen molar-refractivity contribution in [3.63, 3.8) is 0 Å². The van der Waals surface area contributed by atoms with Crippen LogP contribution in [-0.4, -0.2) is 26.1 Å². The van der Waals surface area contributed by atoms with Gasteiger partial charge in [-0.25, -0.2) is 14.6 Å². The summed E-state index contributed by atoms with van der Waals surface area (Å²) in [6.45, 7) is 0.737. The molecule has 0 radical (unpaired) electrons. The molecule has 1 rings (SSSR count). The Morgan fingerprint density at radius 1 is 1.50 bits per heavy atom. The van der Waals surface area contributed by atoms with Crippen LogP contribution in [0.25, 0.3) is 0 Å². The van der Waals surface area contributed by atoms with E-state index in [0.717, 1.165) is 12.1 Å². The smallest absolute Gasteiger partial charge is 0.145 e. The molecule has 1 aromatic carbocycles. The summed E-state index contributed by atoms with van der Waals surface area (Å²) in [4.78, 5) is 3.99. The monoisotopic (exact) mass is 229 g/mol. The molecule has 0 heterocycles. The van der Waals surface area contributed by atoms with E-state index in [1.165, 1.54) is 13.2 Å². The van der Waals surface area contributed by atoms with Gasteiger partial charge in [-0.2, -0.15) is 0 Å². The first-order valence-electron chi connectivity index (χ1n) is 4.64. The molecule has 0 aliphatic rings. The fourth-order valence-electron chi connectivity index (χ4n) is 1.14. The molecule has 16 heavy (non-hydrogen) atoms. The third-order valence-corrected chi connectivity index (χ3v) is 1.89. The number of nitrogens with one attached hydrogen (secondary N) is 1. The molecule has 4 nitrogen and oxygen atoms in total. The molecule has 0 fully saturated rings. The lowest BCUT2D eigenvalue weighted by Gasteiger charge is -2.07. The highest BCUT2D eigenvalue weighted by atomic mass is 19.1. The van der Waals surface area contributed by atoms with Crippen LogP contribution in [-0.2, 0) is 4.74 Å². The Bertz CT molecular complexity index is 382. The van der Waals surface area contributed by atoms with Crippen LogP contribution >= 0.6 is 0 Å². The van der Waals surface area contributed by atoms with E-state index in [0.29, 0.717) is 13.2 Å². The van der Waals surface area contributed by atoms with Gasteiger partial charge in [0.25, 0.3) is 0 Å². The minimum atomic E-state index is -0.714. The highest BCUT2D eigenvalue weighted by molar-refractivity contribution is 5.98. The molecule has 0 amide bonds. The number of hydrazine groups is 1. The SMILES string of the molecule is COCCN=C(NN)c1ccc(F)cc1F. The molecule has 6 heteroatoms. The molecule has 0 bridgehead atoms. The van der Waals surface area contributed by atoms with E-state index < -0.39 is 11.6 Å². The molecule has 3 N–H and O–H groups in total. The van der Waals surface area contributed by atoms with Crippen molar-refractivity contribution < 1.29 is 13.5 Å². The number of rotatable bonds is 4. The van der Waals surface area contributed by atoms with Crippen molar-refractivity contribution in [1.82, 2.24) is 5.43 Å². The number of hydrogen-bond donors (Lipinski definition) is 2. The van der Waals surface area contributed by atoms with Crippen molar-refractivity contribution in [1.29, 1.82) is 0 Å². The Morgan fingerprint density at radius 3 is 2.81 bits per heavy atom. The number of nitrogens with zero attached hydrogens (tertiary/aromatic N) is 1. The number of methoxy groups -OCH3 is 1. The van der Waals surface area contributed by atoms with Crippen LogP contribution in [0, 0.1) is 11.6 Å². The van der Waals surface area contributed by atoms with Crippen molar-refractivity contribution in [3.8, 4) is 0 Å². The molecule has 0 aromatic heterocycles. The van der Waals surface area contributed by atoms with Crippen molar-refractivity contribution >= 4 is 5.84 Å². The van der Waals surface area contributed by atoms with E-state index in [1.54, 1.807) is 0 Å². The lowest BCUT2D eigenvalue weighted by molar-refractivity contribution is 0.208. The Morgan fingerprint density at radius 2 is 2.25 bits per heavy atom. The maximum absolute atomic E-state index is 13.3. The molecular formula is C10H13F2N3O. The first-order chi connectivity index (χ1) is 7.69. The second kappa shape index (κ2) is 6.14. The molecule has 0 aliphatic carbocycles. The molecule has 0 unspecified atom stereocenters. The number of benzene rings is 1. The van der Waals surface area contributed by atoms with Crippen LogP contribution in [0.5, 0.6) is 0 Å². The van der Waals surface area contributed by atoms with Gasteiger partial charge in [0.2, 0.25) is 0 Å². The summed E-state index contributed by atoms with van der Waals surface area (Å²) >= 11 is 0. The summed E-state index contributed by atoms with van der Waals surface area (Å²) in [6.07, 6.45) is 0. The average molecular weight is 229 g/mol. The summed E-state index contributed by atoms with van der Waals surface area (Å²) in [5, 5.41) is 0. The predicted molar refractivity (Wildman–Crippen MR) is 57.0 cm³/mol. The largest absolute Gasteiger partial charge is 0.383 e. The third kappa shape index (κ3) is 3.25. The first-order valence-corrected chi connectivity index (χ1v) is 4.64. The number of ether oxygens (including phenoxy) is 1. The van der Waals surface area contributed by atoms with Crippen LogP contribution in [0.2, 0.25) is 0 Å². The second-order valence-corrected chi connectivity index (χ2v) is 2.99.